The van der Waals surface area contributed by atoms with Crippen molar-refractivity contribution < 1.29 is 5.11 Å². The molecule has 1 fully saturated rings. The Kier molecular flexibility index (Phi) is 4.14. The molecule has 2 rings (SSSR count). The maximum absolute atomic E-state index is 10.5. The second-order valence-corrected chi connectivity index (χ2v) is 6.16. The summed E-state index contributed by atoms with van der Waals surface area (Å²) in [5, 5.41) is 19.5. The van der Waals surface area contributed by atoms with Gasteiger partial charge in [0.15, 0.2) is 0 Å². The van der Waals surface area contributed by atoms with Crippen molar-refractivity contribution in [3.63, 3.8) is 0 Å². The fourth-order valence-corrected chi connectivity index (χ4v) is 3.19. The van der Waals surface area contributed by atoms with E-state index in [2.05, 4.69) is 15.9 Å². The quantitative estimate of drug-likeness (QED) is 0.588. The highest BCUT2D eigenvalue weighted by Gasteiger charge is 2.30. The number of nitrogens with zero attached hydrogens (tertiary/aromatic N) is 1. The minimum atomic E-state index is -1.41. The van der Waals surface area contributed by atoms with Crippen LogP contribution >= 0.6 is 15.9 Å². The van der Waals surface area contributed by atoms with Crippen molar-refractivity contribution in [3.05, 3.63) is 27.7 Å². The van der Waals surface area contributed by atoms with Gasteiger partial charge in [0.25, 0.3) is 0 Å². The number of hydrogen-bond acceptors (Lipinski definition) is 4. The molecule has 5 heteroatoms. The average molecular weight is 324 g/mol. The van der Waals surface area contributed by atoms with Crippen LogP contribution in [0.2, 0.25) is 0 Å². The van der Waals surface area contributed by atoms with E-state index in [1.54, 1.807) is 12.1 Å². The SMILES string of the molecule is N#Cc1cc(C(N)(O)CC2CCCC2)cc(Br)c1N. The van der Waals surface area contributed by atoms with Gasteiger partial charge in [-0.3, -0.25) is 5.73 Å². The van der Waals surface area contributed by atoms with E-state index in [0.717, 1.165) is 12.8 Å². The van der Waals surface area contributed by atoms with Crippen LogP contribution in [0.4, 0.5) is 5.69 Å². The molecule has 0 radical (unpaired) electrons. The summed E-state index contributed by atoms with van der Waals surface area (Å²) < 4.78 is 0.594. The molecule has 5 N–H and O–H groups in total. The Labute approximate surface area is 121 Å². The summed E-state index contributed by atoms with van der Waals surface area (Å²) in [4.78, 5) is 0. The molecule has 0 heterocycles. The summed E-state index contributed by atoms with van der Waals surface area (Å²) in [5.41, 5.74) is 11.7. The monoisotopic (exact) mass is 323 g/mol. The number of aliphatic hydroxyl groups is 1. The molecule has 0 saturated heterocycles. The predicted molar refractivity (Wildman–Crippen MR) is 77.9 cm³/mol. The number of nitrogens with two attached hydrogens (primary N) is 2. The van der Waals surface area contributed by atoms with Crippen LogP contribution in [0, 0.1) is 17.2 Å². The summed E-state index contributed by atoms with van der Waals surface area (Å²) in [7, 11) is 0. The third-order valence-corrected chi connectivity index (χ3v) is 4.48. The fraction of sp³-hybridized carbons (Fsp3) is 0.500. The van der Waals surface area contributed by atoms with E-state index in [1.165, 1.54) is 12.8 Å². The lowest BCUT2D eigenvalue weighted by molar-refractivity contribution is 0.0179. The third-order valence-electron chi connectivity index (χ3n) is 3.82. The van der Waals surface area contributed by atoms with Crippen LogP contribution in [0.15, 0.2) is 16.6 Å². The molecule has 19 heavy (non-hydrogen) atoms. The van der Waals surface area contributed by atoms with Crippen molar-refractivity contribution in [3.8, 4) is 6.07 Å². The highest BCUT2D eigenvalue weighted by molar-refractivity contribution is 9.10. The standard InChI is InChI=1S/C14H18BrN3O/c15-12-6-11(5-10(8-16)13(12)17)14(18,19)7-9-3-1-2-4-9/h5-6,9,19H,1-4,7,17-18H2. The van der Waals surface area contributed by atoms with Crippen molar-refractivity contribution in [1.29, 1.82) is 5.26 Å². The Morgan fingerprint density at radius 2 is 2.05 bits per heavy atom. The zero-order valence-electron chi connectivity index (χ0n) is 10.7. The van der Waals surface area contributed by atoms with Crippen LogP contribution in [-0.2, 0) is 5.72 Å². The van der Waals surface area contributed by atoms with Crippen molar-refractivity contribution >= 4 is 21.6 Å². The summed E-state index contributed by atoms with van der Waals surface area (Å²) in [6.07, 6.45) is 5.15. The first-order valence-electron chi connectivity index (χ1n) is 6.45. The molecule has 0 bridgehead atoms. The molecule has 1 aliphatic carbocycles. The number of rotatable bonds is 3. The Balaban J connectivity index is 2.29. The third kappa shape index (κ3) is 3.08. The van der Waals surface area contributed by atoms with Gasteiger partial charge in [0.05, 0.1) is 11.3 Å². The maximum Gasteiger partial charge on any atom is 0.139 e. The van der Waals surface area contributed by atoms with Gasteiger partial charge in [0, 0.05) is 10.0 Å². The van der Waals surface area contributed by atoms with Crippen LogP contribution in [0.25, 0.3) is 0 Å². The molecule has 0 aliphatic heterocycles. The topological polar surface area (TPSA) is 96.1 Å². The minimum absolute atomic E-state index is 0.333. The molecule has 1 atom stereocenters. The van der Waals surface area contributed by atoms with E-state index >= 15 is 0 Å². The van der Waals surface area contributed by atoms with Gasteiger partial charge in [-0.1, -0.05) is 25.7 Å². The van der Waals surface area contributed by atoms with Crippen LogP contribution in [0.5, 0.6) is 0 Å². The first-order valence-corrected chi connectivity index (χ1v) is 7.24. The molecular formula is C14H18BrN3O. The molecule has 102 valence electrons. The van der Waals surface area contributed by atoms with E-state index in [1.807, 2.05) is 6.07 Å². The minimum Gasteiger partial charge on any atom is -0.397 e. The summed E-state index contributed by atoms with van der Waals surface area (Å²) >= 11 is 3.30. The number of halogens is 1. The van der Waals surface area contributed by atoms with Gasteiger partial charge in [-0.05, 0) is 40.4 Å². The largest absolute Gasteiger partial charge is 0.397 e. The lowest BCUT2D eigenvalue weighted by Crippen LogP contribution is -2.38. The van der Waals surface area contributed by atoms with E-state index in [4.69, 9.17) is 16.7 Å². The first kappa shape index (κ1) is 14.3. The molecule has 0 spiro atoms. The van der Waals surface area contributed by atoms with E-state index < -0.39 is 5.72 Å². The molecule has 1 aromatic rings. The molecule has 1 unspecified atom stereocenters. The maximum atomic E-state index is 10.5. The number of benzene rings is 1. The van der Waals surface area contributed by atoms with Gasteiger partial charge >= 0.3 is 0 Å². The number of hydrogen-bond donors (Lipinski definition) is 3. The lowest BCUT2D eigenvalue weighted by Gasteiger charge is -2.27. The Morgan fingerprint density at radius 1 is 1.42 bits per heavy atom. The zero-order chi connectivity index (χ0) is 14.0. The molecule has 4 nitrogen and oxygen atoms in total. The molecule has 1 aliphatic rings. The summed E-state index contributed by atoms with van der Waals surface area (Å²) in [6, 6.07) is 5.30. The normalized spacial score (nSPS) is 19.1. The lowest BCUT2D eigenvalue weighted by atomic mass is 9.90. The highest BCUT2D eigenvalue weighted by Crippen LogP contribution is 2.36. The first-order chi connectivity index (χ1) is 8.94. The molecular weight excluding hydrogens is 306 g/mol. The average Bonchev–Trinajstić information content (AvgIpc) is 2.84. The van der Waals surface area contributed by atoms with Gasteiger partial charge in [-0.15, -0.1) is 0 Å². The fourth-order valence-electron chi connectivity index (χ4n) is 2.73. The van der Waals surface area contributed by atoms with Crippen LogP contribution < -0.4 is 11.5 Å². The zero-order valence-corrected chi connectivity index (χ0v) is 12.3. The smallest absolute Gasteiger partial charge is 0.139 e. The van der Waals surface area contributed by atoms with Gasteiger partial charge in [-0.2, -0.15) is 5.26 Å². The van der Waals surface area contributed by atoms with Gasteiger partial charge in [0.1, 0.15) is 11.8 Å². The Morgan fingerprint density at radius 3 is 2.63 bits per heavy atom. The second kappa shape index (κ2) is 5.49. The van der Waals surface area contributed by atoms with Crippen LogP contribution in [-0.4, -0.2) is 5.11 Å². The van der Waals surface area contributed by atoms with Crippen molar-refractivity contribution in [1.82, 2.24) is 0 Å². The van der Waals surface area contributed by atoms with Gasteiger partial charge in [-0.25, -0.2) is 0 Å². The van der Waals surface area contributed by atoms with Crippen molar-refractivity contribution in [2.45, 2.75) is 37.8 Å². The molecule has 0 amide bonds. The van der Waals surface area contributed by atoms with E-state index in [0.29, 0.717) is 33.6 Å². The Bertz CT molecular complexity index is 516. The highest BCUT2D eigenvalue weighted by atomic mass is 79.9. The van der Waals surface area contributed by atoms with E-state index in [-0.39, 0.29) is 0 Å². The summed E-state index contributed by atoms with van der Waals surface area (Å²) in [6.45, 7) is 0. The molecule has 1 aromatic carbocycles. The molecule has 0 aromatic heterocycles. The second-order valence-electron chi connectivity index (χ2n) is 5.31. The van der Waals surface area contributed by atoms with Crippen LogP contribution in [0.1, 0.15) is 43.2 Å². The van der Waals surface area contributed by atoms with Gasteiger partial charge < -0.3 is 10.8 Å². The predicted octanol–water partition coefficient (Wildman–Crippen LogP) is 2.59. The summed E-state index contributed by atoms with van der Waals surface area (Å²) in [5.74, 6) is 0.455. The van der Waals surface area contributed by atoms with Gasteiger partial charge in [0.2, 0.25) is 0 Å². The number of anilines is 1. The molecule has 1 saturated carbocycles. The van der Waals surface area contributed by atoms with Crippen molar-refractivity contribution in [2.24, 2.45) is 11.7 Å². The van der Waals surface area contributed by atoms with E-state index in [9.17, 15) is 5.11 Å². The number of nitriles is 1. The number of nitrogen functional groups attached to an aromatic ring is 1. The van der Waals surface area contributed by atoms with Crippen LogP contribution in [0.3, 0.4) is 0 Å². The Hall–Kier alpha value is -1.09. The van der Waals surface area contributed by atoms with Crippen molar-refractivity contribution in [2.75, 3.05) is 5.73 Å².